The molecule has 0 saturated carbocycles. The van der Waals surface area contributed by atoms with E-state index in [0.29, 0.717) is 22.3 Å². The van der Waals surface area contributed by atoms with Gasteiger partial charge in [0.2, 0.25) is 5.91 Å². The predicted molar refractivity (Wildman–Crippen MR) is 95.4 cm³/mol. The molecule has 0 bridgehead atoms. The first kappa shape index (κ1) is 16.5. The molecule has 122 valence electrons. The summed E-state index contributed by atoms with van der Waals surface area (Å²) in [6.07, 6.45) is 0. The number of aromatic nitrogens is 4. The number of thioether (sulfide) groups is 1. The van der Waals surface area contributed by atoms with Crippen LogP contribution in [0, 0.1) is 0 Å². The SMILES string of the molecule is O=C(CSCc1nnnn1-c1ccccc1)Nc1ccccc1Cl. The van der Waals surface area contributed by atoms with Gasteiger partial charge in [-0.1, -0.05) is 41.9 Å². The molecule has 0 aliphatic heterocycles. The Morgan fingerprint density at radius 2 is 1.88 bits per heavy atom. The molecule has 0 unspecified atom stereocenters. The third-order valence-corrected chi connectivity index (χ3v) is 4.41. The van der Waals surface area contributed by atoms with Crippen LogP contribution in [-0.4, -0.2) is 31.9 Å². The van der Waals surface area contributed by atoms with Crippen molar-refractivity contribution in [2.24, 2.45) is 0 Å². The van der Waals surface area contributed by atoms with Gasteiger partial charge in [0.1, 0.15) is 0 Å². The van der Waals surface area contributed by atoms with Crippen molar-refractivity contribution in [1.29, 1.82) is 0 Å². The number of carbonyl (C=O) groups is 1. The largest absolute Gasteiger partial charge is 0.324 e. The Balaban J connectivity index is 1.55. The number of para-hydroxylation sites is 2. The highest BCUT2D eigenvalue weighted by atomic mass is 35.5. The van der Waals surface area contributed by atoms with Crippen molar-refractivity contribution in [3.05, 3.63) is 65.4 Å². The first-order valence-electron chi connectivity index (χ1n) is 7.19. The molecule has 24 heavy (non-hydrogen) atoms. The summed E-state index contributed by atoms with van der Waals surface area (Å²) < 4.78 is 1.67. The highest BCUT2D eigenvalue weighted by Crippen LogP contribution is 2.21. The Bertz CT molecular complexity index is 824. The quantitative estimate of drug-likeness (QED) is 0.731. The van der Waals surface area contributed by atoms with Crippen molar-refractivity contribution < 1.29 is 4.79 Å². The van der Waals surface area contributed by atoms with Crippen molar-refractivity contribution in [3.8, 4) is 5.69 Å². The number of carbonyl (C=O) groups excluding carboxylic acids is 1. The third-order valence-electron chi connectivity index (χ3n) is 3.15. The Labute approximate surface area is 148 Å². The van der Waals surface area contributed by atoms with E-state index < -0.39 is 0 Å². The first-order valence-corrected chi connectivity index (χ1v) is 8.72. The number of hydrogen-bond donors (Lipinski definition) is 1. The molecule has 1 amide bonds. The van der Waals surface area contributed by atoms with Gasteiger partial charge >= 0.3 is 0 Å². The molecule has 2 aromatic carbocycles. The highest BCUT2D eigenvalue weighted by molar-refractivity contribution is 7.99. The van der Waals surface area contributed by atoms with E-state index in [0.717, 1.165) is 5.69 Å². The summed E-state index contributed by atoms with van der Waals surface area (Å²) in [5, 5.41) is 15.0. The first-order chi connectivity index (χ1) is 11.7. The lowest BCUT2D eigenvalue weighted by atomic mass is 10.3. The van der Waals surface area contributed by atoms with E-state index in [4.69, 9.17) is 11.6 Å². The van der Waals surface area contributed by atoms with Gasteiger partial charge in [0, 0.05) is 0 Å². The summed E-state index contributed by atoms with van der Waals surface area (Å²) in [7, 11) is 0. The van der Waals surface area contributed by atoms with Crippen LogP contribution in [0.1, 0.15) is 5.82 Å². The van der Waals surface area contributed by atoms with Gasteiger partial charge in [-0.15, -0.1) is 16.9 Å². The van der Waals surface area contributed by atoms with Crippen LogP contribution in [0.2, 0.25) is 5.02 Å². The van der Waals surface area contributed by atoms with Crippen LogP contribution in [0.15, 0.2) is 54.6 Å². The number of halogens is 1. The van der Waals surface area contributed by atoms with Crippen LogP contribution in [0.25, 0.3) is 5.69 Å². The maximum Gasteiger partial charge on any atom is 0.234 e. The lowest BCUT2D eigenvalue weighted by Gasteiger charge is -2.07. The van der Waals surface area contributed by atoms with Gasteiger partial charge in [0.15, 0.2) is 5.82 Å². The molecular weight excluding hydrogens is 346 g/mol. The van der Waals surface area contributed by atoms with Crippen molar-refractivity contribution in [2.75, 3.05) is 11.1 Å². The minimum absolute atomic E-state index is 0.119. The Hall–Kier alpha value is -2.38. The summed E-state index contributed by atoms with van der Waals surface area (Å²) >= 11 is 7.46. The number of tetrazole rings is 1. The maximum atomic E-state index is 12.0. The van der Waals surface area contributed by atoms with Gasteiger partial charge in [-0.2, -0.15) is 4.68 Å². The molecule has 0 radical (unpaired) electrons. The fraction of sp³-hybridized carbons (Fsp3) is 0.125. The standard InChI is InChI=1S/C16H14ClN5OS/c17-13-8-4-5-9-14(13)18-16(23)11-24-10-15-19-20-21-22(15)12-6-2-1-3-7-12/h1-9H,10-11H2,(H,18,23). The van der Waals surface area contributed by atoms with Gasteiger partial charge in [-0.25, -0.2) is 0 Å². The molecule has 3 rings (SSSR count). The van der Waals surface area contributed by atoms with Crippen LogP contribution < -0.4 is 5.32 Å². The minimum Gasteiger partial charge on any atom is -0.324 e. The van der Waals surface area contributed by atoms with Crippen LogP contribution >= 0.6 is 23.4 Å². The zero-order valence-electron chi connectivity index (χ0n) is 12.6. The smallest absolute Gasteiger partial charge is 0.234 e. The zero-order valence-corrected chi connectivity index (χ0v) is 14.2. The van der Waals surface area contributed by atoms with Gasteiger partial charge in [0.05, 0.1) is 27.9 Å². The summed E-state index contributed by atoms with van der Waals surface area (Å²) in [5.74, 6) is 1.38. The monoisotopic (exact) mass is 359 g/mol. The second-order valence-corrected chi connectivity index (χ2v) is 6.26. The van der Waals surface area contributed by atoms with Crippen molar-refractivity contribution in [2.45, 2.75) is 5.75 Å². The molecule has 1 heterocycles. The molecule has 0 spiro atoms. The molecule has 0 aliphatic rings. The third kappa shape index (κ3) is 4.12. The summed E-state index contributed by atoms with van der Waals surface area (Å²) in [6, 6.07) is 16.8. The summed E-state index contributed by atoms with van der Waals surface area (Å²) in [6.45, 7) is 0. The molecule has 0 fully saturated rings. The van der Waals surface area contributed by atoms with Crippen molar-refractivity contribution in [1.82, 2.24) is 20.2 Å². The topological polar surface area (TPSA) is 72.7 Å². The average Bonchev–Trinajstić information content (AvgIpc) is 3.06. The second-order valence-electron chi connectivity index (χ2n) is 4.86. The lowest BCUT2D eigenvalue weighted by molar-refractivity contribution is -0.113. The van der Waals surface area contributed by atoms with E-state index in [-0.39, 0.29) is 11.7 Å². The van der Waals surface area contributed by atoms with Crippen molar-refractivity contribution >= 4 is 35.0 Å². The molecule has 1 aromatic heterocycles. The number of nitrogens with one attached hydrogen (secondary N) is 1. The van der Waals surface area contributed by atoms with E-state index >= 15 is 0 Å². The van der Waals surface area contributed by atoms with E-state index in [1.165, 1.54) is 11.8 Å². The number of rotatable bonds is 6. The minimum atomic E-state index is -0.119. The van der Waals surface area contributed by atoms with Crippen LogP contribution in [-0.2, 0) is 10.5 Å². The zero-order chi connectivity index (χ0) is 16.8. The molecule has 0 atom stereocenters. The van der Waals surface area contributed by atoms with Crippen LogP contribution in [0.5, 0.6) is 0 Å². The second kappa shape index (κ2) is 7.94. The van der Waals surface area contributed by atoms with Gasteiger partial charge < -0.3 is 5.32 Å². The van der Waals surface area contributed by atoms with E-state index in [9.17, 15) is 4.79 Å². The molecule has 1 N–H and O–H groups in total. The van der Waals surface area contributed by atoms with Crippen LogP contribution in [0.4, 0.5) is 5.69 Å². The summed E-state index contributed by atoms with van der Waals surface area (Å²) in [4.78, 5) is 12.0. The predicted octanol–water partition coefficient (Wildman–Crippen LogP) is 3.19. The Morgan fingerprint density at radius 3 is 2.67 bits per heavy atom. The molecular formula is C16H14ClN5OS. The molecule has 0 saturated heterocycles. The number of nitrogens with zero attached hydrogens (tertiary/aromatic N) is 4. The molecule has 3 aromatic rings. The normalized spacial score (nSPS) is 10.5. The van der Waals surface area contributed by atoms with E-state index in [1.54, 1.807) is 16.8 Å². The Kier molecular flexibility index (Phi) is 5.45. The fourth-order valence-corrected chi connectivity index (χ4v) is 2.95. The number of anilines is 1. The Morgan fingerprint density at radius 1 is 1.12 bits per heavy atom. The van der Waals surface area contributed by atoms with E-state index in [2.05, 4.69) is 20.8 Å². The van der Waals surface area contributed by atoms with Gasteiger partial charge in [-0.3, -0.25) is 4.79 Å². The number of amides is 1. The average molecular weight is 360 g/mol. The van der Waals surface area contributed by atoms with Crippen LogP contribution in [0.3, 0.4) is 0 Å². The highest BCUT2D eigenvalue weighted by Gasteiger charge is 2.10. The molecule has 8 heteroatoms. The number of benzene rings is 2. The maximum absolute atomic E-state index is 12.0. The van der Waals surface area contributed by atoms with Gasteiger partial charge in [-0.05, 0) is 34.7 Å². The van der Waals surface area contributed by atoms with E-state index in [1.807, 2.05) is 42.5 Å². The van der Waals surface area contributed by atoms with Gasteiger partial charge in [0.25, 0.3) is 0 Å². The van der Waals surface area contributed by atoms with Crippen molar-refractivity contribution in [3.63, 3.8) is 0 Å². The summed E-state index contributed by atoms with van der Waals surface area (Å²) in [5.41, 5.74) is 1.50. The molecule has 0 aliphatic carbocycles. The number of hydrogen-bond acceptors (Lipinski definition) is 5. The fourth-order valence-electron chi connectivity index (χ4n) is 2.05. The molecule has 6 nitrogen and oxygen atoms in total. The lowest BCUT2D eigenvalue weighted by Crippen LogP contribution is -2.14.